The zero-order valence-electron chi connectivity index (χ0n) is 11.8. The number of rotatable bonds is 6. The Balaban J connectivity index is 2.00. The molecule has 2 aromatic carbocycles. The fourth-order valence-corrected chi connectivity index (χ4v) is 1.81. The number of alkyl halides is 3. The van der Waals surface area contributed by atoms with Gasteiger partial charge in [0.25, 0.3) is 0 Å². The molecule has 0 radical (unpaired) electrons. The van der Waals surface area contributed by atoms with Gasteiger partial charge in [0.05, 0.1) is 7.11 Å². The maximum atomic E-state index is 12.4. The van der Waals surface area contributed by atoms with Crippen LogP contribution in [0, 0.1) is 0 Å². The zero-order valence-corrected chi connectivity index (χ0v) is 11.8. The predicted octanol–water partition coefficient (Wildman–Crippen LogP) is 3.71. The molecule has 22 heavy (non-hydrogen) atoms. The molecule has 2 N–H and O–H groups in total. The van der Waals surface area contributed by atoms with E-state index in [2.05, 4.69) is 15.6 Å². The van der Waals surface area contributed by atoms with Gasteiger partial charge >= 0.3 is 6.36 Å². The Morgan fingerprint density at radius 1 is 1.00 bits per heavy atom. The second-order valence-electron chi connectivity index (χ2n) is 4.38. The third-order valence-electron chi connectivity index (χ3n) is 2.75. The van der Waals surface area contributed by atoms with Crippen molar-refractivity contribution in [1.29, 1.82) is 0 Å². The highest BCUT2D eigenvalue weighted by Crippen LogP contribution is 2.32. The van der Waals surface area contributed by atoms with Gasteiger partial charge in [0, 0.05) is 12.2 Å². The Kier molecular flexibility index (Phi) is 5.11. The monoisotopic (exact) mass is 312 g/mol. The van der Waals surface area contributed by atoms with Crippen molar-refractivity contribution in [2.45, 2.75) is 12.9 Å². The van der Waals surface area contributed by atoms with Crippen LogP contribution in [0.25, 0.3) is 0 Å². The smallest absolute Gasteiger partial charge is 0.493 e. The molecule has 7 heteroatoms. The standard InChI is InChI=1S/C15H15F3N2O2/c1-21-13-8-7-11(9-14(13)22-15(16,17)18)10-19-20-12-5-3-2-4-6-12/h2-9,19-20H,10H2,1H3. The first-order valence-electron chi connectivity index (χ1n) is 6.44. The van der Waals surface area contributed by atoms with Crippen LogP contribution < -0.4 is 20.3 Å². The molecule has 0 bridgehead atoms. The molecule has 0 saturated carbocycles. The largest absolute Gasteiger partial charge is 0.573 e. The number of halogens is 3. The normalized spacial score (nSPS) is 11.1. The summed E-state index contributed by atoms with van der Waals surface area (Å²) in [5, 5.41) is 0. The number of hydrogen-bond donors (Lipinski definition) is 2. The van der Waals surface area contributed by atoms with Gasteiger partial charge in [-0.05, 0) is 29.8 Å². The Bertz CT molecular complexity index is 603. The third kappa shape index (κ3) is 4.85. The van der Waals surface area contributed by atoms with Gasteiger partial charge in [-0.25, -0.2) is 5.43 Å². The van der Waals surface area contributed by atoms with Gasteiger partial charge in [-0.1, -0.05) is 24.3 Å². The van der Waals surface area contributed by atoms with Gasteiger partial charge in [0.15, 0.2) is 11.5 Å². The van der Waals surface area contributed by atoms with Crippen molar-refractivity contribution in [3.8, 4) is 11.5 Å². The summed E-state index contributed by atoms with van der Waals surface area (Å²) < 4.78 is 45.9. The van der Waals surface area contributed by atoms with Crippen molar-refractivity contribution in [2.24, 2.45) is 0 Å². The minimum Gasteiger partial charge on any atom is -0.493 e. The van der Waals surface area contributed by atoms with Gasteiger partial charge in [-0.3, -0.25) is 0 Å². The number of benzene rings is 2. The Hall–Kier alpha value is -2.41. The predicted molar refractivity (Wildman–Crippen MR) is 76.6 cm³/mol. The number of ether oxygens (including phenoxy) is 2. The van der Waals surface area contributed by atoms with Crippen molar-refractivity contribution >= 4 is 5.69 Å². The van der Waals surface area contributed by atoms with Crippen molar-refractivity contribution in [2.75, 3.05) is 12.5 Å². The molecule has 0 aliphatic carbocycles. The van der Waals surface area contributed by atoms with Crippen LogP contribution in [0.2, 0.25) is 0 Å². The molecule has 0 heterocycles. The van der Waals surface area contributed by atoms with Crippen molar-refractivity contribution in [3.63, 3.8) is 0 Å². The van der Waals surface area contributed by atoms with Crippen LogP contribution in [-0.2, 0) is 6.54 Å². The lowest BCUT2D eigenvalue weighted by Crippen LogP contribution is -2.21. The summed E-state index contributed by atoms with van der Waals surface area (Å²) in [5.41, 5.74) is 7.33. The zero-order chi connectivity index (χ0) is 16.0. The van der Waals surface area contributed by atoms with Gasteiger partial charge in [0.2, 0.25) is 0 Å². The molecule has 0 fully saturated rings. The van der Waals surface area contributed by atoms with Crippen molar-refractivity contribution in [1.82, 2.24) is 5.43 Å². The minimum atomic E-state index is -4.76. The Morgan fingerprint density at radius 3 is 2.36 bits per heavy atom. The molecule has 0 aromatic heterocycles. The highest BCUT2D eigenvalue weighted by Gasteiger charge is 2.32. The topological polar surface area (TPSA) is 42.5 Å². The van der Waals surface area contributed by atoms with Crippen molar-refractivity contribution < 1.29 is 22.6 Å². The van der Waals surface area contributed by atoms with Crippen LogP contribution in [0.3, 0.4) is 0 Å². The number of methoxy groups -OCH3 is 1. The van der Waals surface area contributed by atoms with Gasteiger partial charge in [-0.2, -0.15) is 0 Å². The Morgan fingerprint density at radius 2 is 1.73 bits per heavy atom. The molecular weight excluding hydrogens is 297 g/mol. The van der Waals surface area contributed by atoms with Crippen molar-refractivity contribution in [3.05, 3.63) is 54.1 Å². The second-order valence-corrected chi connectivity index (χ2v) is 4.38. The number of hydrazine groups is 1. The third-order valence-corrected chi connectivity index (χ3v) is 2.75. The van der Waals surface area contributed by atoms with Crippen LogP contribution in [0.1, 0.15) is 5.56 Å². The maximum absolute atomic E-state index is 12.4. The molecule has 0 saturated heterocycles. The van der Waals surface area contributed by atoms with Crippen LogP contribution in [0.15, 0.2) is 48.5 Å². The van der Waals surface area contributed by atoms with E-state index >= 15 is 0 Å². The molecule has 0 aliphatic rings. The van der Waals surface area contributed by atoms with E-state index in [9.17, 15) is 13.2 Å². The molecule has 0 spiro atoms. The van der Waals surface area contributed by atoms with Gasteiger partial charge in [-0.15, -0.1) is 13.2 Å². The first-order chi connectivity index (χ1) is 10.5. The minimum absolute atomic E-state index is 0.0251. The summed E-state index contributed by atoms with van der Waals surface area (Å²) >= 11 is 0. The summed E-state index contributed by atoms with van der Waals surface area (Å²) in [6.45, 7) is 0.313. The lowest BCUT2D eigenvalue weighted by atomic mass is 10.2. The Labute approximate surface area is 125 Å². The van der Waals surface area contributed by atoms with E-state index in [0.29, 0.717) is 12.1 Å². The molecular formula is C15H15F3N2O2. The van der Waals surface area contributed by atoms with E-state index in [0.717, 1.165) is 5.69 Å². The average molecular weight is 312 g/mol. The first-order valence-corrected chi connectivity index (χ1v) is 6.44. The summed E-state index contributed by atoms with van der Waals surface area (Å²) in [6, 6.07) is 13.7. The molecule has 2 aromatic rings. The van der Waals surface area contributed by atoms with E-state index < -0.39 is 6.36 Å². The fourth-order valence-electron chi connectivity index (χ4n) is 1.81. The highest BCUT2D eigenvalue weighted by molar-refractivity contribution is 5.44. The molecule has 4 nitrogen and oxygen atoms in total. The second kappa shape index (κ2) is 7.04. The number of para-hydroxylation sites is 1. The SMILES string of the molecule is COc1ccc(CNNc2ccccc2)cc1OC(F)(F)F. The lowest BCUT2D eigenvalue weighted by molar-refractivity contribution is -0.275. The molecule has 118 valence electrons. The number of anilines is 1. The van der Waals surface area contributed by atoms with E-state index in [4.69, 9.17) is 4.74 Å². The fraction of sp³-hybridized carbons (Fsp3) is 0.200. The summed E-state index contributed by atoms with van der Waals surface area (Å²) in [7, 11) is 1.29. The number of nitrogens with one attached hydrogen (secondary N) is 2. The molecule has 0 aliphatic heterocycles. The number of hydrogen-bond acceptors (Lipinski definition) is 4. The van der Waals surface area contributed by atoms with E-state index in [1.54, 1.807) is 6.07 Å². The molecule has 0 atom stereocenters. The van der Waals surface area contributed by atoms with Gasteiger partial charge < -0.3 is 14.9 Å². The maximum Gasteiger partial charge on any atom is 0.573 e. The first kappa shape index (κ1) is 16.0. The van der Waals surface area contributed by atoms with Gasteiger partial charge in [0.1, 0.15) is 0 Å². The summed E-state index contributed by atoms with van der Waals surface area (Å²) in [6.07, 6.45) is -4.76. The van der Waals surface area contributed by atoms with Crippen LogP contribution >= 0.6 is 0 Å². The summed E-state index contributed by atoms with van der Waals surface area (Å²) in [5.74, 6) is -0.342. The van der Waals surface area contributed by atoms with E-state index in [1.807, 2.05) is 30.3 Å². The van der Waals surface area contributed by atoms with E-state index in [-0.39, 0.29) is 11.5 Å². The van der Waals surface area contributed by atoms with Crippen LogP contribution in [-0.4, -0.2) is 13.5 Å². The molecule has 0 unspecified atom stereocenters. The molecule has 0 amide bonds. The van der Waals surface area contributed by atoms with Crippen LogP contribution in [0.5, 0.6) is 11.5 Å². The summed E-state index contributed by atoms with van der Waals surface area (Å²) in [4.78, 5) is 0. The molecule has 2 rings (SSSR count). The lowest BCUT2D eigenvalue weighted by Gasteiger charge is -2.14. The van der Waals surface area contributed by atoms with E-state index in [1.165, 1.54) is 19.2 Å². The quantitative estimate of drug-likeness (QED) is 0.798. The highest BCUT2D eigenvalue weighted by atomic mass is 19.4. The van der Waals surface area contributed by atoms with Crippen LogP contribution in [0.4, 0.5) is 18.9 Å². The average Bonchev–Trinajstić information content (AvgIpc) is 2.47.